The lowest BCUT2D eigenvalue weighted by Gasteiger charge is -2.40. The molecule has 2 rings (SSSR count). The molecule has 1 aromatic heterocycles. The third-order valence-corrected chi connectivity index (χ3v) is 3.31. The van der Waals surface area contributed by atoms with Crippen LogP contribution in [0.5, 0.6) is 0 Å². The first kappa shape index (κ1) is 11.4. The number of hydrogen-bond donors (Lipinski definition) is 0. The van der Waals surface area contributed by atoms with E-state index in [-0.39, 0.29) is 5.60 Å². The van der Waals surface area contributed by atoms with E-state index in [4.69, 9.17) is 4.74 Å². The molecule has 16 heavy (non-hydrogen) atoms. The van der Waals surface area contributed by atoms with Crippen molar-refractivity contribution in [1.29, 1.82) is 0 Å². The average Bonchev–Trinajstić information content (AvgIpc) is 2.29. The summed E-state index contributed by atoms with van der Waals surface area (Å²) < 4.78 is 5.83. The Morgan fingerprint density at radius 1 is 1.56 bits per heavy atom. The molecule has 3 heteroatoms. The Kier molecular flexibility index (Phi) is 3.15. The Morgan fingerprint density at radius 3 is 3.06 bits per heavy atom. The minimum atomic E-state index is -0.0241. The third kappa shape index (κ3) is 2.35. The first-order chi connectivity index (χ1) is 7.63. The van der Waals surface area contributed by atoms with Crippen LogP contribution in [0.15, 0.2) is 18.3 Å². The van der Waals surface area contributed by atoms with Crippen molar-refractivity contribution in [2.75, 3.05) is 24.6 Å². The zero-order valence-corrected chi connectivity index (χ0v) is 10.4. The number of ether oxygens (including phenoxy) is 1. The van der Waals surface area contributed by atoms with Gasteiger partial charge in [-0.25, -0.2) is 4.98 Å². The second-order valence-electron chi connectivity index (χ2n) is 4.76. The van der Waals surface area contributed by atoms with Crippen LogP contribution in [0.4, 0.5) is 5.82 Å². The van der Waals surface area contributed by atoms with Gasteiger partial charge in [-0.05, 0) is 38.0 Å². The smallest absolute Gasteiger partial charge is 0.128 e. The van der Waals surface area contributed by atoms with Crippen LogP contribution in [0.25, 0.3) is 0 Å². The number of pyridine rings is 1. The molecule has 1 aliphatic heterocycles. The van der Waals surface area contributed by atoms with Crippen molar-refractivity contribution < 1.29 is 4.74 Å². The molecule has 0 spiro atoms. The Bertz CT molecular complexity index is 367. The Morgan fingerprint density at radius 2 is 2.38 bits per heavy atom. The molecule has 0 N–H and O–H groups in total. The SMILES string of the molecule is CC[C@@]1(C)CN(c2cc(C)ccn2)CCO1. The Balaban J connectivity index is 2.16. The molecule has 1 atom stereocenters. The van der Waals surface area contributed by atoms with Crippen LogP contribution < -0.4 is 4.90 Å². The lowest BCUT2D eigenvalue weighted by Crippen LogP contribution is -2.50. The highest BCUT2D eigenvalue weighted by Crippen LogP contribution is 2.24. The number of anilines is 1. The maximum Gasteiger partial charge on any atom is 0.128 e. The summed E-state index contributed by atoms with van der Waals surface area (Å²) in [5.41, 5.74) is 1.23. The molecule has 1 saturated heterocycles. The first-order valence-corrected chi connectivity index (χ1v) is 5.94. The molecule has 0 aromatic carbocycles. The number of aryl methyl sites for hydroxylation is 1. The van der Waals surface area contributed by atoms with Gasteiger partial charge in [0.05, 0.1) is 12.2 Å². The molecule has 1 aromatic rings. The van der Waals surface area contributed by atoms with Crippen molar-refractivity contribution in [1.82, 2.24) is 4.98 Å². The van der Waals surface area contributed by atoms with E-state index in [1.54, 1.807) is 0 Å². The molecule has 1 aliphatic rings. The summed E-state index contributed by atoms with van der Waals surface area (Å²) in [5, 5.41) is 0. The van der Waals surface area contributed by atoms with Crippen LogP contribution >= 0.6 is 0 Å². The van der Waals surface area contributed by atoms with Gasteiger partial charge in [-0.15, -0.1) is 0 Å². The Labute approximate surface area is 97.4 Å². The van der Waals surface area contributed by atoms with E-state index in [0.29, 0.717) is 0 Å². The van der Waals surface area contributed by atoms with Gasteiger partial charge in [-0.2, -0.15) is 0 Å². The quantitative estimate of drug-likeness (QED) is 0.765. The lowest BCUT2D eigenvalue weighted by atomic mass is 10.0. The molecular weight excluding hydrogens is 200 g/mol. The van der Waals surface area contributed by atoms with Gasteiger partial charge in [0, 0.05) is 19.3 Å². The topological polar surface area (TPSA) is 25.4 Å². The highest BCUT2D eigenvalue weighted by molar-refractivity contribution is 5.41. The van der Waals surface area contributed by atoms with Crippen molar-refractivity contribution in [3.8, 4) is 0 Å². The molecule has 88 valence electrons. The molecule has 2 heterocycles. The van der Waals surface area contributed by atoms with Gasteiger partial charge in [-0.1, -0.05) is 6.92 Å². The summed E-state index contributed by atoms with van der Waals surface area (Å²) in [6.07, 6.45) is 2.92. The highest BCUT2D eigenvalue weighted by Gasteiger charge is 2.30. The molecule has 0 bridgehead atoms. The van der Waals surface area contributed by atoms with Crippen LogP contribution in [0.1, 0.15) is 25.8 Å². The van der Waals surface area contributed by atoms with E-state index < -0.39 is 0 Å². The van der Waals surface area contributed by atoms with E-state index in [1.165, 1.54) is 5.56 Å². The fourth-order valence-electron chi connectivity index (χ4n) is 2.03. The van der Waals surface area contributed by atoms with E-state index >= 15 is 0 Å². The van der Waals surface area contributed by atoms with E-state index in [2.05, 4.69) is 36.7 Å². The summed E-state index contributed by atoms with van der Waals surface area (Å²) in [7, 11) is 0. The van der Waals surface area contributed by atoms with Gasteiger partial charge in [-0.3, -0.25) is 0 Å². The third-order valence-electron chi connectivity index (χ3n) is 3.31. The molecule has 3 nitrogen and oxygen atoms in total. The number of nitrogens with zero attached hydrogens (tertiary/aromatic N) is 2. The van der Waals surface area contributed by atoms with Gasteiger partial charge in [0.1, 0.15) is 5.82 Å². The van der Waals surface area contributed by atoms with E-state index in [1.807, 2.05) is 12.3 Å². The van der Waals surface area contributed by atoms with Crippen molar-refractivity contribution >= 4 is 5.82 Å². The predicted molar refractivity (Wildman–Crippen MR) is 65.8 cm³/mol. The Hall–Kier alpha value is -1.09. The van der Waals surface area contributed by atoms with E-state index in [0.717, 1.165) is 31.9 Å². The van der Waals surface area contributed by atoms with Crippen LogP contribution in [0.2, 0.25) is 0 Å². The van der Waals surface area contributed by atoms with Gasteiger partial charge in [0.2, 0.25) is 0 Å². The zero-order chi connectivity index (χ0) is 11.6. The van der Waals surface area contributed by atoms with Gasteiger partial charge in [0.25, 0.3) is 0 Å². The zero-order valence-electron chi connectivity index (χ0n) is 10.4. The van der Waals surface area contributed by atoms with Crippen molar-refractivity contribution in [3.63, 3.8) is 0 Å². The molecular formula is C13H20N2O. The summed E-state index contributed by atoms with van der Waals surface area (Å²) in [4.78, 5) is 6.75. The van der Waals surface area contributed by atoms with Crippen LogP contribution in [-0.4, -0.2) is 30.3 Å². The highest BCUT2D eigenvalue weighted by atomic mass is 16.5. The molecule has 0 saturated carbocycles. The number of morpholine rings is 1. The normalized spacial score (nSPS) is 25.8. The van der Waals surface area contributed by atoms with E-state index in [9.17, 15) is 0 Å². The number of rotatable bonds is 2. The molecule has 0 unspecified atom stereocenters. The lowest BCUT2D eigenvalue weighted by molar-refractivity contribution is -0.0443. The first-order valence-electron chi connectivity index (χ1n) is 5.94. The van der Waals surface area contributed by atoms with Crippen LogP contribution in [-0.2, 0) is 4.74 Å². The minimum Gasteiger partial charge on any atom is -0.372 e. The average molecular weight is 220 g/mol. The van der Waals surface area contributed by atoms with Gasteiger partial charge in [0.15, 0.2) is 0 Å². The fourth-order valence-corrected chi connectivity index (χ4v) is 2.03. The largest absolute Gasteiger partial charge is 0.372 e. The number of hydrogen-bond acceptors (Lipinski definition) is 3. The second kappa shape index (κ2) is 4.42. The summed E-state index contributed by atoms with van der Waals surface area (Å²) in [6.45, 7) is 9.11. The standard InChI is InChI=1S/C13H20N2O/c1-4-13(3)10-15(7-8-16-13)12-9-11(2)5-6-14-12/h5-6,9H,4,7-8,10H2,1-3H3/t13-/m0/s1. The van der Waals surface area contributed by atoms with Crippen molar-refractivity contribution in [2.24, 2.45) is 0 Å². The van der Waals surface area contributed by atoms with Crippen molar-refractivity contribution in [3.05, 3.63) is 23.9 Å². The molecule has 0 radical (unpaired) electrons. The second-order valence-corrected chi connectivity index (χ2v) is 4.76. The maximum atomic E-state index is 5.83. The summed E-state index contributed by atoms with van der Waals surface area (Å²) in [6, 6.07) is 4.17. The molecule has 0 amide bonds. The summed E-state index contributed by atoms with van der Waals surface area (Å²) >= 11 is 0. The van der Waals surface area contributed by atoms with Crippen LogP contribution in [0.3, 0.4) is 0 Å². The van der Waals surface area contributed by atoms with Gasteiger partial charge < -0.3 is 9.64 Å². The van der Waals surface area contributed by atoms with Crippen molar-refractivity contribution in [2.45, 2.75) is 32.8 Å². The fraction of sp³-hybridized carbons (Fsp3) is 0.615. The minimum absolute atomic E-state index is 0.0241. The monoisotopic (exact) mass is 220 g/mol. The summed E-state index contributed by atoms with van der Waals surface area (Å²) in [5.74, 6) is 1.07. The maximum absolute atomic E-state index is 5.83. The molecule has 1 fully saturated rings. The van der Waals surface area contributed by atoms with Crippen LogP contribution in [0, 0.1) is 6.92 Å². The molecule has 0 aliphatic carbocycles. The predicted octanol–water partition coefficient (Wildman–Crippen LogP) is 2.40. The number of aromatic nitrogens is 1. The van der Waals surface area contributed by atoms with Gasteiger partial charge >= 0.3 is 0 Å².